The average molecular weight is 444 g/mol. The maximum absolute atomic E-state index is 12.9. The summed E-state index contributed by atoms with van der Waals surface area (Å²) in [6.07, 6.45) is 0.858. The largest absolute Gasteiger partial charge is 0.480 e. The molecule has 0 rings (SSSR count). The van der Waals surface area contributed by atoms with E-state index in [-0.39, 0.29) is 24.8 Å². The zero-order chi connectivity index (χ0) is 24.3. The van der Waals surface area contributed by atoms with Crippen LogP contribution in [0, 0.1) is 11.8 Å². The molecular formula is C20H37N5O6. The second-order valence-corrected chi connectivity index (χ2v) is 8.20. The number of rotatable bonds is 13. The Morgan fingerprint density at radius 1 is 0.871 bits per heavy atom. The van der Waals surface area contributed by atoms with Gasteiger partial charge in [-0.1, -0.05) is 34.1 Å². The average Bonchev–Trinajstić information content (AvgIpc) is 2.68. The number of amides is 4. The molecule has 11 heteroatoms. The fraction of sp³-hybridized carbons (Fsp3) is 0.750. The summed E-state index contributed by atoms with van der Waals surface area (Å²) in [7, 11) is 0. The van der Waals surface area contributed by atoms with E-state index in [1.165, 1.54) is 13.8 Å². The molecule has 0 aliphatic carbocycles. The van der Waals surface area contributed by atoms with Crippen molar-refractivity contribution in [2.75, 3.05) is 6.54 Å². The van der Waals surface area contributed by atoms with Crippen LogP contribution in [-0.4, -0.2) is 65.4 Å². The highest BCUT2D eigenvalue weighted by molar-refractivity contribution is 5.94. The van der Waals surface area contributed by atoms with Crippen molar-refractivity contribution in [1.82, 2.24) is 21.3 Å². The van der Waals surface area contributed by atoms with Crippen LogP contribution < -0.4 is 27.0 Å². The summed E-state index contributed by atoms with van der Waals surface area (Å²) in [6.45, 7) is 9.81. The molecular weight excluding hydrogens is 406 g/mol. The van der Waals surface area contributed by atoms with E-state index in [1.54, 1.807) is 6.92 Å². The minimum absolute atomic E-state index is 0.0429. The Labute approximate surface area is 183 Å². The first-order chi connectivity index (χ1) is 14.3. The number of carbonyl (C=O) groups excluding carboxylic acids is 4. The predicted octanol–water partition coefficient (Wildman–Crippen LogP) is -0.899. The van der Waals surface area contributed by atoms with E-state index >= 15 is 0 Å². The standard InChI is InChI=1S/C20H37N5O6/c1-7-11(4)16(25-15(26)9-22-17(27)12(5)21)19(29)24-14(8-10(2)3)18(28)23-13(6)20(30)31/h10-14,16H,7-9,21H2,1-6H3,(H,22,27)(H,23,28)(H,24,29)(H,25,26)(H,30,31)/t11-,12-,13-,14-,16-/m0/s1. The third-order valence-corrected chi connectivity index (χ3v) is 4.72. The first-order valence-corrected chi connectivity index (χ1v) is 10.5. The summed E-state index contributed by atoms with van der Waals surface area (Å²) < 4.78 is 0. The fourth-order valence-corrected chi connectivity index (χ4v) is 2.59. The van der Waals surface area contributed by atoms with Crippen molar-refractivity contribution in [2.45, 2.75) is 78.6 Å². The van der Waals surface area contributed by atoms with Crippen LogP contribution in [0.15, 0.2) is 0 Å². The number of hydrogen-bond donors (Lipinski definition) is 6. The van der Waals surface area contributed by atoms with Gasteiger partial charge >= 0.3 is 5.97 Å². The minimum Gasteiger partial charge on any atom is -0.480 e. The van der Waals surface area contributed by atoms with Crippen molar-refractivity contribution >= 4 is 29.6 Å². The number of aliphatic carboxylic acids is 1. The molecule has 0 unspecified atom stereocenters. The van der Waals surface area contributed by atoms with Crippen molar-refractivity contribution in [2.24, 2.45) is 17.6 Å². The highest BCUT2D eigenvalue weighted by atomic mass is 16.4. The van der Waals surface area contributed by atoms with Gasteiger partial charge < -0.3 is 32.1 Å². The molecule has 0 aliphatic rings. The maximum atomic E-state index is 12.9. The number of nitrogens with one attached hydrogen (secondary N) is 4. The molecule has 4 amide bonds. The predicted molar refractivity (Wildman–Crippen MR) is 115 cm³/mol. The van der Waals surface area contributed by atoms with Gasteiger partial charge in [0.1, 0.15) is 18.1 Å². The first kappa shape index (κ1) is 28.3. The zero-order valence-corrected chi connectivity index (χ0v) is 19.2. The van der Waals surface area contributed by atoms with Crippen LogP contribution in [0.2, 0.25) is 0 Å². The second-order valence-electron chi connectivity index (χ2n) is 8.20. The number of carboxylic acids is 1. The van der Waals surface area contributed by atoms with Crippen LogP contribution >= 0.6 is 0 Å². The van der Waals surface area contributed by atoms with E-state index < -0.39 is 53.8 Å². The molecule has 11 nitrogen and oxygen atoms in total. The van der Waals surface area contributed by atoms with Gasteiger partial charge in [0.15, 0.2) is 0 Å². The van der Waals surface area contributed by atoms with E-state index in [0.29, 0.717) is 6.42 Å². The van der Waals surface area contributed by atoms with Crippen LogP contribution in [-0.2, 0) is 24.0 Å². The third kappa shape index (κ3) is 10.8. The quantitative estimate of drug-likeness (QED) is 0.213. The zero-order valence-electron chi connectivity index (χ0n) is 19.2. The Bertz CT molecular complexity index is 652. The molecule has 0 saturated heterocycles. The van der Waals surface area contributed by atoms with Crippen LogP contribution in [0.1, 0.15) is 54.4 Å². The lowest BCUT2D eigenvalue weighted by molar-refractivity contribution is -0.142. The molecule has 0 aromatic heterocycles. The van der Waals surface area contributed by atoms with E-state index in [2.05, 4.69) is 21.3 Å². The van der Waals surface area contributed by atoms with Crippen molar-refractivity contribution in [3.05, 3.63) is 0 Å². The van der Waals surface area contributed by atoms with E-state index in [9.17, 15) is 24.0 Å². The second kappa shape index (κ2) is 13.6. The van der Waals surface area contributed by atoms with Gasteiger partial charge in [0.05, 0.1) is 12.6 Å². The Morgan fingerprint density at radius 2 is 1.45 bits per heavy atom. The Kier molecular flexibility index (Phi) is 12.4. The van der Waals surface area contributed by atoms with Gasteiger partial charge in [-0.15, -0.1) is 0 Å². The molecule has 0 saturated carbocycles. The van der Waals surface area contributed by atoms with Crippen molar-refractivity contribution in [1.29, 1.82) is 0 Å². The molecule has 0 aliphatic heterocycles. The normalized spacial score (nSPS) is 15.7. The highest BCUT2D eigenvalue weighted by Crippen LogP contribution is 2.11. The Morgan fingerprint density at radius 3 is 1.90 bits per heavy atom. The van der Waals surface area contributed by atoms with Gasteiger partial charge in [-0.3, -0.25) is 24.0 Å². The number of nitrogens with two attached hydrogens (primary N) is 1. The Balaban J connectivity index is 5.29. The maximum Gasteiger partial charge on any atom is 0.325 e. The smallest absolute Gasteiger partial charge is 0.325 e. The number of hydrogen-bond acceptors (Lipinski definition) is 6. The van der Waals surface area contributed by atoms with Gasteiger partial charge in [-0.2, -0.15) is 0 Å². The molecule has 7 N–H and O–H groups in total. The number of carbonyl (C=O) groups is 5. The topological polar surface area (TPSA) is 180 Å². The summed E-state index contributed by atoms with van der Waals surface area (Å²) in [5, 5.41) is 19.0. The monoisotopic (exact) mass is 443 g/mol. The van der Waals surface area contributed by atoms with Crippen LogP contribution in [0.5, 0.6) is 0 Å². The van der Waals surface area contributed by atoms with Gasteiger partial charge in [0.25, 0.3) is 0 Å². The molecule has 0 heterocycles. The molecule has 0 aromatic rings. The number of carboxylic acid groups (broad SMARTS) is 1. The fourth-order valence-electron chi connectivity index (χ4n) is 2.59. The lowest BCUT2D eigenvalue weighted by Gasteiger charge is -2.27. The SMILES string of the molecule is CC[C@H](C)[C@H](NC(=O)CNC(=O)[C@H](C)N)C(=O)N[C@@H](CC(C)C)C(=O)N[C@@H](C)C(=O)O. The minimum atomic E-state index is -1.19. The summed E-state index contributed by atoms with van der Waals surface area (Å²) in [6, 6.07) is -3.79. The third-order valence-electron chi connectivity index (χ3n) is 4.72. The van der Waals surface area contributed by atoms with E-state index in [4.69, 9.17) is 10.8 Å². The van der Waals surface area contributed by atoms with Gasteiger partial charge in [-0.05, 0) is 32.1 Å². The van der Waals surface area contributed by atoms with Gasteiger partial charge in [0, 0.05) is 0 Å². The lowest BCUT2D eigenvalue weighted by Crippen LogP contribution is -2.58. The summed E-state index contributed by atoms with van der Waals surface area (Å²) in [5.74, 6) is -3.66. The highest BCUT2D eigenvalue weighted by Gasteiger charge is 2.31. The Hall–Kier alpha value is -2.69. The summed E-state index contributed by atoms with van der Waals surface area (Å²) in [5.41, 5.74) is 5.43. The molecule has 5 atom stereocenters. The van der Waals surface area contributed by atoms with Crippen molar-refractivity contribution < 1.29 is 29.1 Å². The lowest BCUT2D eigenvalue weighted by atomic mass is 9.96. The molecule has 0 spiro atoms. The molecule has 0 fully saturated rings. The van der Waals surface area contributed by atoms with Crippen LogP contribution in [0.4, 0.5) is 0 Å². The molecule has 0 aromatic carbocycles. The summed E-state index contributed by atoms with van der Waals surface area (Å²) >= 11 is 0. The van der Waals surface area contributed by atoms with Crippen LogP contribution in [0.3, 0.4) is 0 Å². The first-order valence-electron chi connectivity index (χ1n) is 10.5. The summed E-state index contributed by atoms with van der Waals surface area (Å²) in [4.78, 5) is 60.2. The van der Waals surface area contributed by atoms with Crippen molar-refractivity contribution in [3.8, 4) is 0 Å². The van der Waals surface area contributed by atoms with Gasteiger partial charge in [-0.25, -0.2) is 0 Å². The van der Waals surface area contributed by atoms with Crippen LogP contribution in [0.25, 0.3) is 0 Å². The molecule has 31 heavy (non-hydrogen) atoms. The molecule has 178 valence electrons. The van der Waals surface area contributed by atoms with Crippen molar-refractivity contribution in [3.63, 3.8) is 0 Å². The van der Waals surface area contributed by atoms with Gasteiger partial charge in [0.2, 0.25) is 23.6 Å². The van der Waals surface area contributed by atoms with E-state index in [0.717, 1.165) is 0 Å². The molecule has 0 bridgehead atoms. The molecule has 0 radical (unpaired) electrons. The van der Waals surface area contributed by atoms with E-state index in [1.807, 2.05) is 20.8 Å².